The van der Waals surface area contributed by atoms with Gasteiger partial charge in [0.05, 0.1) is 27.7 Å². The molecule has 1 atom stereocenters. The summed E-state index contributed by atoms with van der Waals surface area (Å²) in [4.78, 5) is 11.5. The minimum Gasteiger partial charge on any atom is -0.756 e. The molecule has 0 aliphatic carbocycles. The van der Waals surface area contributed by atoms with E-state index in [0.29, 0.717) is 11.0 Å². The van der Waals surface area contributed by atoms with Gasteiger partial charge in [-0.1, -0.05) is 58.3 Å². The topological polar surface area (TPSA) is 58.6 Å². The molecule has 0 radical (unpaired) electrons. The lowest BCUT2D eigenvalue weighted by Crippen LogP contribution is -2.37. The van der Waals surface area contributed by atoms with Crippen molar-refractivity contribution >= 4 is 7.82 Å². The Morgan fingerprint density at radius 2 is 1.27 bits per heavy atom. The number of phosphoric acid groups is 1. The van der Waals surface area contributed by atoms with Crippen LogP contribution >= 0.6 is 7.82 Å². The molecule has 0 fully saturated rings. The molecular weight excluding hydrogens is 301 g/mol. The molecule has 6 heteroatoms. The lowest BCUT2D eigenvalue weighted by atomic mass is 10.1. The smallest absolute Gasteiger partial charge is 0.268 e. The van der Waals surface area contributed by atoms with Gasteiger partial charge in [-0.05, 0) is 6.42 Å². The molecule has 1 unspecified atom stereocenters. The van der Waals surface area contributed by atoms with Crippen LogP contribution in [0.15, 0.2) is 0 Å². The molecule has 0 aliphatic rings. The number of phosphoric ester groups is 1. The molecule has 5 nitrogen and oxygen atoms in total. The first kappa shape index (κ1) is 22.1. The van der Waals surface area contributed by atoms with Crippen molar-refractivity contribution in [3.8, 4) is 0 Å². The van der Waals surface area contributed by atoms with E-state index in [-0.39, 0.29) is 13.2 Å². The van der Waals surface area contributed by atoms with E-state index in [2.05, 4.69) is 6.92 Å². The van der Waals surface area contributed by atoms with E-state index >= 15 is 0 Å². The normalized spacial score (nSPS) is 15.0. The highest BCUT2D eigenvalue weighted by molar-refractivity contribution is 7.45. The molecule has 0 saturated heterocycles. The van der Waals surface area contributed by atoms with Crippen molar-refractivity contribution in [2.75, 3.05) is 40.9 Å². The Morgan fingerprint density at radius 1 is 0.818 bits per heavy atom. The van der Waals surface area contributed by atoms with E-state index in [1.807, 2.05) is 21.1 Å². The second-order valence-corrected chi connectivity index (χ2v) is 8.37. The van der Waals surface area contributed by atoms with E-state index in [0.717, 1.165) is 19.3 Å². The summed E-state index contributed by atoms with van der Waals surface area (Å²) in [7, 11) is 1.85. The summed E-state index contributed by atoms with van der Waals surface area (Å²) in [6.07, 6.45) is 10.7. The summed E-state index contributed by atoms with van der Waals surface area (Å²) in [6.45, 7) is 3.26. The summed E-state index contributed by atoms with van der Waals surface area (Å²) >= 11 is 0. The Kier molecular flexibility index (Phi) is 12.5. The average Bonchev–Trinajstić information content (AvgIpc) is 2.39. The van der Waals surface area contributed by atoms with E-state index < -0.39 is 7.82 Å². The predicted molar refractivity (Wildman–Crippen MR) is 89.6 cm³/mol. The van der Waals surface area contributed by atoms with Crippen LogP contribution < -0.4 is 4.89 Å². The number of nitrogens with zero attached hydrogens (tertiary/aromatic N) is 1. The Morgan fingerprint density at radius 3 is 1.77 bits per heavy atom. The molecular formula is C16H36NO4P. The standard InChI is InChI=1S/C16H36NO4P/c1-5-6-7-8-9-10-11-12-13-15-20-22(18,19)21-16-14-17(2,3)4/h5-16H2,1-4H3. The average molecular weight is 337 g/mol. The SMILES string of the molecule is CCCCCCCCCCCOP(=O)([O-])OCC[N+](C)(C)C. The van der Waals surface area contributed by atoms with Gasteiger partial charge in [-0.15, -0.1) is 0 Å². The highest BCUT2D eigenvalue weighted by Gasteiger charge is 2.12. The predicted octanol–water partition coefficient (Wildman–Crippen LogP) is 3.73. The highest BCUT2D eigenvalue weighted by Crippen LogP contribution is 2.38. The van der Waals surface area contributed by atoms with Crippen molar-refractivity contribution in [2.24, 2.45) is 0 Å². The Hall–Kier alpha value is 0.0700. The Bertz CT molecular complexity index is 305. The van der Waals surface area contributed by atoms with Crippen LogP contribution in [0.5, 0.6) is 0 Å². The van der Waals surface area contributed by atoms with Gasteiger partial charge in [0.2, 0.25) is 0 Å². The maximum atomic E-state index is 11.5. The minimum absolute atomic E-state index is 0.169. The van der Waals surface area contributed by atoms with Crippen LogP contribution in [0, 0.1) is 0 Å². The lowest BCUT2D eigenvalue weighted by Gasteiger charge is -2.27. The number of rotatable bonds is 15. The maximum Gasteiger partial charge on any atom is 0.268 e. The second-order valence-electron chi connectivity index (χ2n) is 6.96. The van der Waals surface area contributed by atoms with Gasteiger partial charge in [-0.3, -0.25) is 4.57 Å². The number of hydrogen-bond acceptors (Lipinski definition) is 4. The molecule has 0 heterocycles. The lowest BCUT2D eigenvalue weighted by molar-refractivity contribution is -0.870. The zero-order chi connectivity index (χ0) is 16.9. The third kappa shape index (κ3) is 16.4. The Labute approximate surface area is 137 Å². The van der Waals surface area contributed by atoms with E-state index in [4.69, 9.17) is 9.05 Å². The van der Waals surface area contributed by atoms with Crippen molar-refractivity contribution in [2.45, 2.75) is 64.7 Å². The van der Waals surface area contributed by atoms with Crippen LogP contribution in [0.3, 0.4) is 0 Å². The zero-order valence-corrected chi connectivity index (χ0v) is 15.9. The molecule has 0 spiro atoms. The molecule has 0 amide bonds. The minimum atomic E-state index is -4.11. The van der Waals surface area contributed by atoms with Crippen molar-refractivity contribution in [3.05, 3.63) is 0 Å². The van der Waals surface area contributed by atoms with Gasteiger partial charge >= 0.3 is 0 Å². The van der Waals surface area contributed by atoms with Gasteiger partial charge in [0.1, 0.15) is 13.2 Å². The van der Waals surface area contributed by atoms with Gasteiger partial charge in [0.25, 0.3) is 7.82 Å². The molecule has 0 saturated carbocycles. The van der Waals surface area contributed by atoms with Crippen LogP contribution in [0.2, 0.25) is 0 Å². The maximum absolute atomic E-state index is 11.5. The number of likely N-dealkylation sites (N-methyl/N-ethyl adjacent to an activating group) is 1. The zero-order valence-electron chi connectivity index (χ0n) is 15.0. The number of unbranched alkanes of at least 4 members (excludes halogenated alkanes) is 8. The molecule has 0 N–H and O–H groups in total. The molecule has 134 valence electrons. The van der Waals surface area contributed by atoms with Crippen molar-refractivity contribution in [1.82, 2.24) is 0 Å². The van der Waals surface area contributed by atoms with Crippen LogP contribution in [0.1, 0.15) is 64.7 Å². The summed E-state index contributed by atoms with van der Waals surface area (Å²) < 4.78 is 21.9. The quantitative estimate of drug-likeness (QED) is 0.260. The van der Waals surface area contributed by atoms with Crippen LogP contribution in [-0.2, 0) is 13.6 Å². The summed E-state index contributed by atoms with van der Waals surface area (Å²) in [5.41, 5.74) is 0. The van der Waals surface area contributed by atoms with Crippen molar-refractivity contribution < 1.29 is 23.0 Å². The molecule has 0 rings (SSSR count). The van der Waals surface area contributed by atoms with Gasteiger partial charge in [-0.2, -0.15) is 0 Å². The van der Waals surface area contributed by atoms with Gasteiger partial charge in [0, 0.05) is 0 Å². The third-order valence-electron chi connectivity index (χ3n) is 3.51. The van der Waals surface area contributed by atoms with E-state index in [1.54, 1.807) is 0 Å². The number of hydrogen-bond donors (Lipinski definition) is 0. The van der Waals surface area contributed by atoms with E-state index in [9.17, 15) is 9.46 Å². The first-order valence-electron chi connectivity index (χ1n) is 8.67. The van der Waals surface area contributed by atoms with Gasteiger partial charge in [0.15, 0.2) is 0 Å². The van der Waals surface area contributed by atoms with E-state index in [1.165, 1.54) is 38.5 Å². The monoisotopic (exact) mass is 337 g/mol. The largest absolute Gasteiger partial charge is 0.756 e. The Balaban J connectivity index is 3.43. The fourth-order valence-corrected chi connectivity index (χ4v) is 2.79. The molecule has 0 bridgehead atoms. The van der Waals surface area contributed by atoms with Crippen LogP contribution in [0.25, 0.3) is 0 Å². The molecule has 22 heavy (non-hydrogen) atoms. The van der Waals surface area contributed by atoms with Crippen LogP contribution in [-0.4, -0.2) is 45.4 Å². The van der Waals surface area contributed by atoms with Crippen molar-refractivity contribution in [1.29, 1.82) is 0 Å². The van der Waals surface area contributed by atoms with Crippen LogP contribution in [0.4, 0.5) is 0 Å². The van der Waals surface area contributed by atoms with Crippen molar-refractivity contribution in [3.63, 3.8) is 0 Å². The third-order valence-corrected chi connectivity index (χ3v) is 4.51. The highest BCUT2D eigenvalue weighted by atomic mass is 31.2. The summed E-state index contributed by atoms with van der Waals surface area (Å²) in [5.74, 6) is 0. The van der Waals surface area contributed by atoms with Gasteiger partial charge < -0.3 is 18.4 Å². The molecule has 0 aromatic rings. The first-order chi connectivity index (χ1) is 10.3. The fraction of sp³-hybridized carbons (Fsp3) is 1.00. The molecule has 0 aromatic heterocycles. The number of quaternary nitrogens is 1. The second kappa shape index (κ2) is 12.5. The summed E-state index contributed by atoms with van der Waals surface area (Å²) in [5, 5.41) is 0. The first-order valence-corrected chi connectivity index (χ1v) is 10.1. The van der Waals surface area contributed by atoms with Gasteiger partial charge in [-0.25, -0.2) is 0 Å². The molecule has 0 aromatic carbocycles. The fourth-order valence-electron chi connectivity index (χ4n) is 2.05. The molecule has 0 aliphatic heterocycles. The summed E-state index contributed by atoms with van der Waals surface area (Å²) in [6, 6.07) is 0.